The van der Waals surface area contributed by atoms with E-state index in [0.29, 0.717) is 18.8 Å². The molecule has 0 bridgehead atoms. The molecule has 96 valence electrons. The number of carbonyl (C=O) groups excluding carboxylic acids is 1. The highest BCUT2D eigenvalue weighted by atomic mass is 32.2. The van der Waals surface area contributed by atoms with Crippen molar-refractivity contribution in [2.45, 2.75) is 25.9 Å². The average molecular weight is 257 g/mol. The Kier molecular flexibility index (Phi) is 5.99. The lowest BCUT2D eigenvalue weighted by Gasteiger charge is -2.11. The maximum absolute atomic E-state index is 11.8. The van der Waals surface area contributed by atoms with Crippen molar-refractivity contribution in [2.24, 2.45) is 5.73 Å². The van der Waals surface area contributed by atoms with E-state index in [2.05, 4.69) is 15.6 Å². The van der Waals surface area contributed by atoms with Gasteiger partial charge in [0.2, 0.25) is 0 Å². The number of aromatic nitrogens is 3. The van der Waals surface area contributed by atoms with Crippen LogP contribution in [0.1, 0.15) is 23.8 Å². The summed E-state index contributed by atoms with van der Waals surface area (Å²) in [6, 6.07) is 0.148. The van der Waals surface area contributed by atoms with Crippen molar-refractivity contribution in [3.05, 3.63) is 11.9 Å². The predicted octanol–water partition coefficient (Wildman–Crippen LogP) is 0.108. The van der Waals surface area contributed by atoms with E-state index in [1.54, 1.807) is 22.6 Å². The van der Waals surface area contributed by atoms with Gasteiger partial charge in [-0.3, -0.25) is 9.48 Å². The van der Waals surface area contributed by atoms with E-state index in [4.69, 9.17) is 5.73 Å². The molecule has 1 unspecified atom stereocenters. The Balaban J connectivity index is 2.45. The van der Waals surface area contributed by atoms with Gasteiger partial charge in [-0.1, -0.05) is 5.21 Å². The van der Waals surface area contributed by atoms with Gasteiger partial charge < -0.3 is 11.1 Å². The summed E-state index contributed by atoms with van der Waals surface area (Å²) in [5, 5.41) is 10.5. The lowest BCUT2D eigenvalue weighted by Crippen LogP contribution is -2.33. The molecular formula is C10H19N5OS. The van der Waals surface area contributed by atoms with Crippen molar-refractivity contribution >= 4 is 17.7 Å². The molecule has 0 spiro atoms. The molecule has 1 atom stereocenters. The zero-order valence-electron chi connectivity index (χ0n) is 10.2. The van der Waals surface area contributed by atoms with E-state index in [1.807, 2.05) is 13.2 Å². The first kappa shape index (κ1) is 14.0. The van der Waals surface area contributed by atoms with Gasteiger partial charge in [-0.15, -0.1) is 5.10 Å². The fourth-order valence-electron chi connectivity index (χ4n) is 1.31. The zero-order valence-corrected chi connectivity index (χ0v) is 11.0. The first-order valence-corrected chi connectivity index (χ1v) is 6.96. The minimum absolute atomic E-state index is 0.148. The highest BCUT2D eigenvalue weighted by Crippen LogP contribution is 2.01. The molecule has 1 amide bonds. The number of nitrogens with two attached hydrogens (primary N) is 1. The zero-order chi connectivity index (χ0) is 12.7. The van der Waals surface area contributed by atoms with Crippen LogP contribution in [0.3, 0.4) is 0 Å². The van der Waals surface area contributed by atoms with Crippen LogP contribution in [0.15, 0.2) is 6.20 Å². The third kappa shape index (κ3) is 4.74. The third-order valence-electron chi connectivity index (χ3n) is 2.26. The number of nitrogens with zero attached hydrogens (tertiary/aromatic N) is 3. The van der Waals surface area contributed by atoms with E-state index >= 15 is 0 Å². The van der Waals surface area contributed by atoms with Crippen molar-refractivity contribution in [1.82, 2.24) is 20.3 Å². The molecular weight excluding hydrogens is 238 g/mol. The summed E-state index contributed by atoms with van der Waals surface area (Å²) in [4.78, 5) is 11.8. The number of amides is 1. The Morgan fingerprint density at radius 1 is 1.71 bits per heavy atom. The maximum atomic E-state index is 11.8. The SMILES string of the molecule is CSCCC(C)NC(=O)c1cn(CCN)nn1. The molecule has 0 aliphatic carbocycles. The van der Waals surface area contributed by atoms with E-state index < -0.39 is 0 Å². The Labute approximate surface area is 105 Å². The molecule has 1 aromatic heterocycles. The van der Waals surface area contributed by atoms with E-state index in [0.717, 1.165) is 12.2 Å². The average Bonchev–Trinajstić information content (AvgIpc) is 2.75. The summed E-state index contributed by atoms with van der Waals surface area (Å²) in [6.07, 6.45) is 4.61. The summed E-state index contributed by atoms with van der Waals surface area (Å²) in [7, 11) is 0. The Hall–Kier alpha value is -1.08. The van der Waals surface area contributed by atoms with Crippen LogP contribution in [0.4, 0.5) is 0 Å². The number of nitrogens with one attached hydrogen (secondary N) is 1. The van der Waals surface area contributed by atoms with Gasteiger partial charge in [-0.2, -0.15) is 11.8 Å². The van der Waals surface area contributed by atoms with Crippen LogP contribution in [-0.4, -0.2) is 45.5 Å². The minimum atomic E-state index is -0.179. The van der Waals surface area contributed by atoms with Crippen molar-refractivity contribution in [3.8, 4) is 0 Å². The fraction of sp³-hybridized carbons (Fsp3) is 0.700. The molecule has 6 nitrogen and oxygen atoms in total. The highest BCUT2D eigenvalue weighted by molar-refractivity contribution is 7.98. The van der Waals surface area contributed by atoms with Gasteiger partial charge in [-0.05, 0) is 25.4 Å². The molecule has 0 aromatic carbocycles. The number of thioether (sulfide) groups is 1. The number of hydrogen-bond donors (Lipinski definition) is 2. The first-order valence-electron chi connectivity index (χ1n) is 5.57. The molecule has 0 aliphatic rings. The van der Waals surface area contributed by atoms with Crippen molar-refractivity contribution in [2.75, 3.05) is 18.6 Å². The lowest BCUT2D eigenvalue weighted by atomic mass is 10.2. The van der Waals surface area contributed by atoms with Gasteiger partial charge in [0.25, 0.3) is 5.91 Å². The van der Waals surface area contributed by atoms with Crippen LogP contribution in [0.5, 0.6) is 0 Å². The quantitative estimate of drug-likeness (QED) is 0.724. The first-order chi connectivity index (χ1) is 8.17. The largest absolute Gasteiger partial charge is 0.348 e. The van der Waals surface area contributed by atoms with Crippen LogP contribution in [0.2, 0.25) is 0 Å². The Morgan fingerprint density at radius 3 is 3.12 bits per heavy atom. The van der Waals surface area contributed by atoms with Crippen LogP contribution in [0.25, 0.3) is 0 Å². The van der Waals surface area contributed by atoms with Crippen LogP contribution in [0, 0.1) is 0 Å². The minimum Gasteiger partial charge on any atom is -0.348 e. The molecule has 17 heavy (non-hydrogen) atoms. The lowest BCUT2D eigenvalue weighted by molar-refractivity contribution is 0.0934. The topological polar surface area (TPSA) is 85.8 Å². The molecule has 0 saturated carbocycles. The number of hydrogen-bond acceptors (Lipinski definition) is 5. The fourth-order valence-corrected chi connectivity index (χ4v) is 1.90. The molecule has 0 aliphatic heterocycles. The molecule has 0 radical (unpaired) electrons. The Morgan fingerprint density at radius 2 is 2.47 bits per heavy atom. The smallest absolute Gasteiger partial charge is 0.273 e. The van der Waals surface area contributed by atoms with Crippen LogP contribution >= 0.6 is 11.8 Å². The second-order valence-electron chi connectivity index (χ2n) is 3.81. The molecule has 1 aromatic rings. The summed E-state index contributed by atoms with van der Waals surface area (Å²) in [6.45, 7) is 3.04. The van der Waals surface area contributed by atoms with E-state index in [-0.39, 0.29) is 11.9 Å². The van der Waals surface area contributed by atoms with Crippen molar-refractivity contribution < 1.29 is 4.79 Å². The van der Waals surface area contributed by atoms with Gasteiger partial charge in [0, 0.05) is 12.6 Å². The van der Waals surface area contributed by atoms with Gasteiger partial charge in [0.15, 0.2) is 5.69 Å². The van der Waals surface area contributed by atoms with Crippen LogP contribution in [-0.2, 0) is 6.54 Å². The van der Waals surface area contributed by atoms with Crippen molar-refractivity contribution in [1.29, 1.82) is 0 Å². The molecule has 0 fully saturated rings. The standard InChI is InChI=1S/C10H19N5OS/c1-8(3-6-17-2)12-10(16)9-7-15(5-4-11)14-13-9/h7-8H,3-6,11H2,1-2H3,(H,12,16). The molecule has 0 saturated heterocycles. The van der Waals surface area contributed by atoms with Crippen LogP contribution < -0.4 is 11.1 Å². The number of carbonyl (C=O) groups is 1. The summed E-state index contributed by atoms with van der Waals surface area (Å²) < 4.78 is 1.57. The maximum Gasteiger partial charge on any atom is 0.273 e. The molecule has 1 heterocycles. The summed E-state index contributed by atoms with van der Waals surface area (Å²) >= 11 is 1.77. The summed E-state index contributed by atoms with van der Waals surface area (Å²) in [5.41, 5.74) is 5.73. The monoisotopic (exact) mass is 257 g/mol. The Bertz CT molecular complexity index is 354. The van der Waals surface area contributed by atoms with Gasteiger partial charge in [0.1, 0.15) is 0 Å². The van der Waals surface area contributed by atoms with Gasteiger partial charge in [-0.25, -0.2) is 0 Å². The molecule has 7 heteroatoms. The molecule has 1 rings (SSSR count). The van der Waals surface area contributed by atoms with Gasteiger partial charge in [0.05, 0.1) is 12.7 Å². The number of rotatable bonds is 7. The van der Waals surface area contributed by atoms with Crippen molar-refractivity contribution in [3.63, 3.8) is 0 Å². The second-order valence-corrected chi connectivity index (χ2v) is 4.80. The molecule has 3 N–H and O–H groups in total. The van der Waals surface area contributed by atoms with E-state index in [1.165, 1.54) is 0 Å². The highest BCUT2D eigenvalue weighted by Gasteiger charge is 2.13. The summed E-state index contributed by atoms with van der Waals surface area (Å²) in [5.74, 6) is 0.850. The predicted molar refractivity (Wildman–Crippen MR) is 69.0 cm³/mol. The van der Waals surface area contributed by atoms with Gasteiger partial charge >= 0.3 is 0 Å². The third-order valence-corrected chi connectivity index (χ3v) is 2.91. The normalized spacial score (nSPS) is 12.4. The second kappa shape index (κ2) is 7.29. The van der Waals surface area contributed by atoms with E-state index in [9.17, 15) is 4.79 Å².